The molecule has 0 amide bonds. The third-order valence-electron chi connectivity index (χ3n) is 3.80. The number of halogens is 1. The van der Waals surface area contributed by atoms with Crippen LogP contribution < -0.4 is 4.90 Å². The number of pyridine rings is 1. The Morgan fingerprint density at radius 2 is 1.70 bits per heavy atom. The summed E-state index contributed by atoms with van der Waals surface area (Å²) in [5.41, 5.74) is 3.39. The lowest BCUT2D eigenvalue weighted by Crippen LogP contribution is -2.27. The standard InChI is InChI=1S/C16H17ClN2O/c17-14-5-6-16(18-15(14)11-20)19-9-7-12-3-1-2-4-13(12)8-10-19/h1-6,20H,7-11H2. The summed E-state index contributed by atoms with van der Waals surface area (Å²) in [5, 5.41) is 9.80. The van der Waals surface area contributed by atoms with Crippen molar-refractivity contribution in [2.45, 2.75) is 19.4 Å². The smallest absolute Gasteiger partial charge is 0.129 e. The fourth-order valence-electron chi connectivity index (χ4n) is 2.66. The van der Waals surface area contributed by atoms with Crippen LogP contribution in [0.2, 0.25) is 5.02 Å². The Balaban J connectivity index is 1.83. The summed E-state index contributed by atoms with van der Waals surface area (Å²) in [6.45, 7) is 1.76. The van der Waals surface area contributed by atoms with Gasteiger partial charge in [-0.15, -0.1) is 0 Å². The number of anilines is 1. The van der Waals surface area contributed by atoms with Crippen LogP contribution in [0.15, 0.2) is 36.4 Å². The van der Waals surface area contributed by atoms with Crippen LogP contribution in [-0.2, 0) is 19.4 Å². The van der Waals surface area contributed by atoms with Gasteiger partial charge in [-0.25, -0.2) is 4.98 Å². The van der Waals surface area contributed by atoms with Gasteiger partial charge in [-0.2, -0.15) is 0 Å². The van der Waals surface area contributed by atoms with Gasteiger partial charge in [-0.3, -0.25) is 0 Å². The van der Waals surface area contributed by atoms with Crippen molar-refractivity contribution in [3.05, 3.63) is 58.2 Å². The Labute approximate surface area is 123 Å². The van der Waals surface area contributed by atoms with Crippen molar-refractivity contribution in [2.75, 3.05) is 18.0 Å². The zero-order valence-corrected chi connectivity index (χ0v) is 12.0. The second kappa shape index (κ2) is 5.81. The zero-order chi connectivity index (χ0) is 13.9. The largest absolute Gasteiger partial charge is 0.390 e. The van der Waals surface area contributed by atoms with E-state index in [1.54, 1.807) is 0 Å². The zero-order valence-electron chi connectivity index (χ0n) is 11.2. The summed E-state index contributed by atoms with van der Waals surface area (Å²) in [4.78, 5) is 6.72. The van der Waals surface area contributed by atoms with Crippen molar-refractivity contribution >= 4 is 17.4 Å². The van der Waals surface area contributed by atoms with Crippen LogP contribution in [0.25, 0.3) is 0 Å². The van der Waals surface area contributed by atoms with E-state index in [0.717, 1.165) is 31.7 Å². The number of aliphatic hydroxyl groups excluding tert-OH is 1. The van der Waals surface area contributed by atoms with Gasteiger partial charge in [0.15, 0.2) is 0 Å². The predicted octanol–water partition coefficient (Wildman–Crippen LogP) is 2.83. The molecule has 3 rings (SSSR count). The van der Waals surface area contributed by atoms with E-state index >= 15 is 0 Å². The molecule has 1 aromatic carbocycles. The maximum atomic E-state index is 9.27. The number of hydrogen-bond donors (Lipinski definition) is 1. The molecule has 1 aromatic heterocycles. The molecule has 1 aliphatic heterocycles. The van der Waals surface area contributed by atoms with E-state index < -0.39 is 0 Å². The Kier molecular flexibility index (Phi) is 3.90. The predicted molar refractivity (Wildman–Crippen MR) is 81.2 cm³/mol. The highest BCUT2D eigenvalue weighted by Crippen LogP contribution is 2.22. The Bertz CT molecular complexity index is 588. The average Bonchev–Trinajstić information content (AvgIpc) is 2.70. The molecule has 2 aromatic rings. The molecule has 0 radical (unpaired) electrons. The minimum Gasteiger partial charge on any atom is -0.390 e. The molecule has 0 bridgehead atoms. The average molecular weight is 289 g/mol. The first-order valence-electron chi connectivity index (χ1n) is 6.86. The molecule has 104 valence electrons. The van der Waals surface area contributed by atoms with E-state index in [1.807, 2.05) is 12.1 Å². The van der Waals surface area contributed by atoms with Gasteiger partial charge in [-0.05, 0) is 36.1 Å². The summed E-state index contributed by atoms with van der Waals surface area (Å²) in [7, 11) is 0. The van der Waals surface area contributed by atoms with Gasteiger partial charge in [0, 0.05) is 13.1 Å². The quantitative estimate of drug-likeness (QED) is 0.923. The summed E-state index contributed by atoms with van der Waals surface area (Å²) >= 11 is 6.00. The van der Waals surface area contributed by atoms with E-state index in [9.17, 15) is 5.11 Å². The van der Waals surface area contributed by atoms with Crippen molar-refractivity contribution in [3.63, 3.8) is 0 Å². The molecule has 0 unspecified atom stereocenters. The molecule has 2 heterocycles. The van der Waals surface area contributed by atoms with Crippen LogP contribution in [0, 0.1) is 0 Å². The van der Waals surface area contributed by atoms with Crippen molar-refractivity contribution in [1.82, 2.24) is 4.98 Å². The number of aromatic nitrogens is 1. The first kappa shape index (κ1) is 13.4. The Morgan fingerprint density at radius 3 is 2.30 bits per heavy atom. The van der Waals surface area contributed by atoms with Gasteiger partial charge in [0.25, 0.3) is 0 Å². The fourth-order valence-corrected chi connectivity index (χ4v) is 2.82. The monoisotopic (exact) mass is 288 g/mol. The number of benzene rings is 1. The van der Waals surface area contributed by atoms with Crippen LogP contribution in [0.3, 0.4) is 0 Å². The third-order valence-corrected chi connectivity index (χ3v) is 4.14. The molecule has 0 saturated heterocycles. The normalized spacial score (nSPS) is 14.8. The molecular formula is C16H17ClN2O. The molecule has 3 nitrogen and oxygen atoms in total. The van der Waals surface area contributed by atoms with E-state index in [-0.39, 0.29) is 6.61 Å². The summed E-state index contributed by atoms with van der Waals surface area (Å²) in [6.07, 6.45) is 2.05. The maximum Gasteiger partial charge on any atom is 0.129 e. The fraction of sp³-hybridized carbons (Fsp3) is 0.312. The SMILES string of the molecule is OCc1nc(N2CCc3ccccc3CC2)ccc1Cl. The first-order chi connectivity index (χ1) is 9.78. The molecular weight excluding hydrogens is 272 g/mol. The molecule has 0 aliphatic carbocycles. The molecule has 1 aliphatic rings. The van der Waals surface area contributed by atoms with Gasteiger partial charge in [-0.1, -0.05) is 35.9 Å². The Morgan fingerprint density at radius 1 is 1.05 bits per heavy atom. The number of hydrogen-bond acceptors (Lipinski definition) is 3. The van der Waals surface area contributed by atoms with Gasteiger partial charge in [0.05, 0.1) is 17.3 Å². The first-order valence-corrected chi connectivity index (χ1v) is 7.24. The minimum atomic E-state index is -0.124. The highest BCUT2D eigenvalue weighted by atomic mass is 35.5. The lowest BCUT2D eigenvalue weighted by Gasteiger charge is -2.22. The van der Waals surface area contributed by atoms with Gasteiger partial charge >= 0.3 is 0 Å². The van der Waals surface area contributed by atoms with Crippen molar-refractivity contribution in [2.24, 2.45) is 0 Å². The van der Waals surface area contributed by atoms with E-state index in [1.165, 1.54) is 11.1 Å². The van der Waals surface area contributed by atoms with E-state index in [0.29, 0.717) is 10.7 Å². The molecule has 0 atom stereocenters. The Hall–Kier alpha value is -1.58. The van der Waals surface area contributed by atoms with E-state index in [2.05, 4.69) is 34.1 Å². The number of rotatable bonds is 2. The van der Waals surface area contributed by atoms with Gasteiger partial charge in [0.2, 0.25) is 0 Å². The van der Waals surface area contributed by atoms with Gasteiger partial charge in [0.1, 0.15) is 5.82 Å². The van der Waals surface area contributed by atoms with Crippen LogP contribution in [0.1, 0.15) is 16.8 Å². The van der Waals surface area contributed by atoms with Crippen molar-refractivity contribution in [1.29, 1.82) is 0 Å². The summed E-state index contributed by atoms with van der Waals surface area (Å²) < 4.78 is 0. The number of nitrogens with zero attached hydrogens (tertiary/aromatic N) is 2. The lowest BCUT2D eigenvalue weighted by atomic mass is 10.0. The highest BCUT2D eigenvalue weighted by Gasteiger charge is 2.15. The number of aliphatic hydroxyl groups is 1. The summed E-state index contributed by atoms with van der Waals surface area (Å²) in [6, 6.07) is 12.3. The lowest BCUT2D eigenvalue weighted by molar-refractivity contribution is 0.277. The topological polar surface area (TPSA) is 36.4 Å². The van der Waals surface area contributed by atoms with Gasteiger partial charge < -0.3 is 10.0 Å². The highest BCUT2D eigenvalue weighted by molar-refractivity contribution is 6.31. The second-order valence-electron chi connectivity index (χ2n) is 5.01. The van der Waals surface area contributed by atoms with Crippen LogP contribution in [-0.4, -0.2) is 23.2 Å². The molecule has 4 heteroatoms. The number of fused-ring (bicyclic) bond motifs is 1. The van der Waals surface area contributed by atoms with Crippen LogP contribution >= 0.6 is 11.6 Å². The van der Waals surface area contributed by atoms with Crippen LogP contribution in [0.4, 0.5) is 5.82 Å². The molecule has 20 heavy (non-hydrogen) atoms. The molecule has 0 fully saturated rings. The third kappa shape index (κ3) is 2.65. The maximum absolute atomic E-state index is 9.27. The molecule has 0 saturated carbocycles. The minimum absolute atomic E-state index is 0.124. The van der Waals surface area contributed by atoms with E-state index in [4.69, 9.17) is 11.6 Å². The van der Waals surface area contributed by atoms with Crippen molar-refractivity contribution in [3.8, 4) is 0 Å². The molecule has 1 N–H and O–H groups in total. The summed E-state index contributed by atoms with van der Waals surface area (Å²) in [5.74, 6) is 0.895. The second-order valence-corrected chi connectivity index (χ2v) is 5.42. The van der Waals surface area contributed by atoms with Crippen molar-refractivity contribution < 1.29 is 5.11 Å². The molecule has 0 spiro atoms. The van der Waals surface area contributed by atoms with Crippen LogP contribution in [0.5, 0.6) is 0 Å².